The van der Waals surface area contributed by atoms with Gasteiger partial charge in [0.1, 0.15) is 0 Å². The zero-order valence-electron chi connectivity index (χ0n) is 38.0. The summed E-state index contributed by atoms with van der Waals surface area (Å²) in [6.07, 6.45) is 53.6. The van der Waals surface area contributed by atoms with Gasteiger partial charge in [0.25, 0.3) is 0 Å². The second-order valence-corrected chi connectivity index (χ2v) is 13.2. The van der Waals surface area contributed by atoms with Gasteiger partial charge in [-0.25, -0.2) is 37.1 Å². The summed E-state index contributed by atoms with van der Waals surface area (Å²) < 4.78 is 0. The fraction of sp³-hybridized carbons (Fsp3) is 0.593. The zero-order valence-corrected chi connectivity index (χ0v) is 55.0. The molecule has 60 heavy (non-hydrogen) atoms. The summed E-state index contributed by atoms with van der Waals surface area (Å²) in [7, 11) is 0. The summed E-state index contributed by atoms with van der Waals surface area (Å²) in [6.45, 7) is 13.5. The van der Waals surface area contributed by atoms with Crippen LogP contribution < -0.4 is 0 Å². The van der Waals surface area contributed by atoms with Gasteiger partial charge in [0, 0.05) is 196 Å². The van der Waals surface area contributed by atoms with Crippen LogP contribution in [0.4, 0.5) is 0 Å². The molecule has 0 nitrogen and oxygen atoms in total. The van der Waals surface area contributed by atoms with E-state index in [0.29, 0.717) is 0 Å². The Morgan fingerprint density at radius 2 is 0.767 bits per heavy atom. The molecule has 4 unspecified atom stereocenters. The second kappa shape index (κ2) is 90.3. The van der Waals surface area contributed by atoms with Gasteiger partial charge < -0.3 is 69.6 Å². The summed E-state index contributed by atoms with van der Waals surface area (Å²) >= 11 is 0. The smallest absolute Gasteiger partial charge is 0 e. The van der Waals surface area contributed by atoms with Crippen molar-refractivity contribution in [2.45, 2.75) is 189 Å². The zero-order chi connectivity index (χ0) is 30.7. The molecule has 0 N–H and O–H groups in total. The summed E-state index contributed by atoms with van der Waals surface area (Å²) in [5.74, 6) is 3.48. The van der Waals surface area contributed by atoms with Crippen LogP contribution in [0.3, 0.4) is 0 Å². The summed E-state index contributed by atoms with van der Waals surface area (Å²) in [5, 5.41) is 0. The van der Waals surface area contributed by atoms with E-state index < -0.39 is 0 Å². The Bertz CT molecular complexity index is 760. The van der Waals surface area contributed by atoms with Crippen molar-refractivity contribution < 1.29 is 196 Å². The third-order valence-corrected chi connectivity index (χ3v) is 8.37. The number of hydrogen-bond donors (Lipinski definition) is 0. The molecule has 0 fully saturated rings. The van der Waals surface area contributed by atoms with E-state index in [2.05, 4.69) is 128 Å². The van der Waals surface area contributed by atoms with Gasteiger partial charge in [0.05, 0.1) is 0 Å². The first-order chi connectivity index (χ1) is 20.4. The average molecular weight is 1290 g/mol. The number of rotatable bonds is 0. The topological polar surface area (TPSA) is 0 Å². The molecule has 6 heteroatoms. The standard InChI is InChI=1S/6C7H11.6CH4.6CH3.6Y/c6*1-7-5-3-2-4-6-7;;;;;;;;;;;;;;;;;;/h2*3,7H,4-6H2,1H3;2*2,5H,3-4,6H2,1H3;2*2-3,5,7H,4,6H2,1H3;6*1H4;6*1H3;;;;;;/q6*-1;;;;;;;6*-1;;;;;;. The van der Waals surface area contributed by atoms with Crippen molar-refractivity contribution >= 4 is 0 Å². The maximum absolute atomic E-state index is 3.19. The molecule has 6 aliphatic rings. The molecule has 0 aromatic heterocycles. The van der Waals surface area contributed by atoms with Gasteiger partial charge >= 0.3 is 0 Å². The van der Waals surface area contributed by atoms with Gasteiger partial charge in [-0.2, -0.15) is 38.5 Å². The maximum atomic E-state index is 3.19. The van der Waals surface area contributed by atoms with Crippen molar-refractivity contribution in [2.24, 2.45) is 23.7 Å². The predicted octanol–water partition coefficient (Wildman–Crippen LogP) is 19.8. The first-order valence-electron chi connectivity index (χ1n) is 17.4. The molecule has 0 heterocycles. The summed E-state index contributed by atoms with van der Waals surface area (Å²) in [6, 6.07) is 0. The van der Waals surface area contributed by atoms with Crippen LogP contribution in [0.5, 0.6) is 0 Å². The van der Waals surface area contributed by atoms with E-state index in [1.165, 1.54) is 103 Å². The third-order valence-electron chi connectivity index (χ3n) is 8.37. The van der Waals surface area contributed by atoms with E-state index >= 15 is 0 Å². The SMILES string of the molecule is C.C.C.C.C.C.CC1=CC[CH-]CC1.CC1=CC[CH-]CC1.CC1C=C[CH-]CC1.CC1C=C[CH-]CC1.CC1CC=[C-]CC1.CC1CC=[C-]CC1.[CH3-].[CH3-].[CH3-].[CH3-].[CH3-].[CH3-].[Y].[Y].[Y].[Y].[Y].[Y]. The Labute approximate surface area is 541 Å². The van der Waals surface area contributed by atoms with Crippen LogP contribution in [0, 0.1) is 106 Å². The molecule has 0 aromatic carbocycles. The molecule has 0 bridgehead atoms. The molecule has 0 aromatic rings. The van der Waals surface area contributed by atoms with Gasteiger partial charge in [-0.15, -0.1) is 25.0 Å². The monoisotopic (exact) mass is 1290 g/mol. The van der Waals surface area contributed by atoms with E-state index in [-0.39, 0.29) is 285 Å². The van der Waals surface area contributed by atoms with Crippen molar-refractivity contribution in [1.29, 1.82) is 0 Å². The van der Waals surface area contributed by atoms with Crippen molar-refractivity contribution in [2.75, 3.05) is 0 Å². The van der Waals surface area contributed by atoms with Crippen LogP contribution in [0.15, 0.2) is 59.8 Å². The Morgan fingerprint density at radius 3 is 0.867 bits per heavy atom. The van der Waals surface area contributed by atoms with E-state index in [1.807, 2.05) is 0 Å². The van der Waals surface area contributed by atoms with E-state index in [1.54, 1.807) is 11.1 Å². The molecule has 354 valence electrons. The minimum absolute atomic E-state index is 0. The molecule has 0 saturated carbocycles. The molecule has 0 amide bonds. The van der Waals surface area contributed by atoms with Crippen molar-refractivity contribution in [3.05, 3.63) is 142 Å². The first kappa shape index (κ1) is 120. The minimum Gasteiger partial charge on any atom is -0.501 e. The summed E-state index contributed by atoms with van der Waals surface area (Å²) in [5.41, 5.74) is 3.12. The molecule has 0 spiro atoms. The molecule has 6 aliphatic carbocycles. The van der Waals surface area contributed by atoms with E-state index in [9.17, 15) is 0 Å². The van der Waals surface area contributed by atoms with Crippen LogP contribution in [-0.2, 0) is 196 Å². The van der Waals surface area contributed by atoms with Crippen molar-refractivity contribution in [3.63, 3.8) is 0 Å². The first-order valence-corrected chi connectivity index (χ1v) is 17.4. The van der Waals surface area contributed by atoms with Crippen LogP contribution >= 0.6 is 0 Å². The van der Waals surface area contributed by atoms with Crippen LogP contribution in [0.2, 0.25) is 0 Å². The third kappa shape index (κ3) is 86.0. The minimum atomic E-state index is 0. The fourth-order valence-corrected chi connectivity index (χ4v) is 4.98. The number of allylic oxidation sites excluding steroid dienone is 12. The molecule has 0 aliphatic heterocycles. The van der Waals surface area contributed by atoms with Crippen LogP contribution in [0.25, 0.3) is 0 Å². The Morgan fingerprint density at radius 1 is 0.467 bits per heavy atom. The molecule has 4 atom stereocenters. The van der Waals surface area contributed by atoms with E-state index in [4.69, 9.17) is 0 Å². The van der Waals surface area contributed by atoms with Gasteiger partial charge in [-0.1, -0.05) is 147 Å². The van der Waals surface area contributed by atoms with Gasteiger partial charge in [-0.05, 0) is 25.7 Å². The number of hydrogen-bond acceptors (Lipinski definition) is 0. The largest absolute Gasteiger partial charge is 0.501 e. The molecular weight excluding hydrogens is 1180 g/mol. The summed E-state index contributed by atoms with van der Waals surface area (Å²) in [4.78, 5) is 0. The normalized spacial score (nSPS) is 19.1. The molecule has 6 radical (unpaired) electrons. The Hall–Kier alpha value is 4.80. The molecule has 0 saturated heterocycles. The quantitative estimate of drug-likeness (QED) is 0.168. The van der Waals surface area contributed by atoms with Gasteiger partial charge in [0.2, 0.25) is 0 Å². The van der Waals surface area contributed by atoms with Crippen LogP contribution in [0.1, 0.15) is 189 Å². The fourth-order valence-electron chi connectivity index (χ4n) is 4.98. The molecular formula is C54H108Y6-12. The van der Waals surface area contributed by atoms with E-state index in [0.717, 1.165) is 23.7 Å². The van der Waals surface area contributed by atoms with Crippen LogP contribution in [-0.4, -0.2) is 0 Å². The average Bonchev–Trinajstić information content (AvgIpc) is 3.01. The Balaban J connectivity index is -0.0000000208. The maximum Gasteiger partial charge on any atom is 0 e. The Kier molecular flexibility index (Phi) is 181. The predicted molar refractivity (Wildman–Crippen MR) is 268 cm³/mol. The van der Waals surface area contributed by atoms with Crippen molar-refractivity contribution in [1.82, 2.24) is 0 Å². The molecule has 6 rings (SSSR count). The van der Waals surface area contributed by atoms with Gasteiger partial charge in [0.15, 0.2) is 0 Å². The van der Waals surface area contributed by atoms with Crippen molar-refractivity contribution in [3.8, 4) is 0 Å². The second-order valence-electron chi connectivity index (χ2n) is 13.2. The van der Waals surface area contributed by atoms with Gasteiger partial charge in [-0.3, -0.25) is 12.2 Å².